The van der Waals surface area contributed by atoms with Gasteiger partial charge in [-0.25, -0.2) is 15.0 Å². The number of ether oxygens (including phenoxy) is 2. The van der Waals surface area contributed by atoms with Crippen LogP contribution in [0.4, 0.5) is 0 Å². The zero-order valence-electron chi connectivity index (χ0n) is 14.5. The Morgan fingerprint density at radius 1 is 1.31 bits per heavy atom. The fourth-order valence-electron chi connectivity index (χ4n) is 2.84. The number of nitriles is 1. The van der Waals surface area contributed by atoms with Crippen LogP contribution >= 0.6 is 0 Å². The standard InChI is InChI=1S/C18H19N5O3/c1-2-25-16-14(6-3-7-21-16)18(24)23-10-4-5-13(12-23)26-17-15(11-19)20-8-9-22-17/h3,6-9,13H,2,4-5,10,12H2,1H3. The molecule has 3 rings (SSSR count). The van der Waals surface area contributed by atoms with Crippen LogP contribution in [0.15, 0.2) is 30.7 Å². The van der Waals surface area contributed by atoms with Crippen molar-refractivity contribution < 1.29 is 14.3 Å². The minimum Gasteiger partial charge on any atom is -0.477 e. The van der Waals surface area contributed by atoms with E-state index in [0.717, 1.165) is 12.8 Å². The molecule has 1 aliphatic rings. The van der Waals surface area contributed by atoms with Crippen molar-refractivity contribution in [3.05, 3.63) is 42.0 Å². The summed E-state index contributed by atoms with van der Waals surface area (Å²) < 4.78 is 11.3. The van der Waals surface area contributed by atoms with Crippen molar-refractivity contribution in [2.24, 2.45) is 0 Å². The van der Waals surface area contributed by atoms with Crippen LogP contribution < -0.4 is 9.47 Å². The normalized spacial score (nSPS) is 16.6. The van der Waals surface area contributed by atoms with Gasteiger partial charge in [-0.3, -0.25) is 4.79 Å². The number of carbonyl (C=O) groups excluding carboxylic acids is 1. The van der Waals surface area contributed by atoms with E-state index in [0.29, 0.717) is 31.1 Å². The van der Waals surface area contributed by atoms with E-state index in [1.165, 1.54) is 12.4 Å². The zero-order chi connectivity index (χ0) is 18.4. The van der Waals surface area contributed by atoms with Gasteiger partial charge in [0.05, 0.1) is 13.2 Å². The first-order valence-corrected chi connectivity index (χ1v) is 8.47. The van der Waals surface area contributed by atoms with Gasteiger partial charge in [0.25, 0.3) is 11.8 Å². The SMILES string of the molecule is CCOc1ncccc1C(=O)N1CCCC(Oc2nccnc2C#N)C1. The Hall–Kier alpha value is -3.21. The summed E-state index contributed by atoms with van der Waals surface area (Å²) in [5, 5.41) is 9.10. The fraction of sp³-hybridized carbons (Fsp3) is 0.389. The number of hydrogen-bond donors (Lipinski definition) is 0. The van der Waals surface area contributed by atoms with Crippen LogP contribution in [0.1, 0.15) is 35.8 Å². The predicted molar refractivity (Wildman–Crippen MR) is 91.7 cm³/mol. The average Bonchev–Trinajstić information content (AvgIpc) is 2.69. The smallest absolute Gasteiger partial charge is 0.259 e. The highest BCUT2D eigenvalue weighted by molar-refractivity contribution is 5.96. The fourth-order valence-corrected chi connectivity index (χ4v) is 2.84. The largest absolute Gasteiger partial charge is 0.477 e. The van der Waals surface area contributed by atoms with Crippen molar-refractivity contribution in [2.45, 2.75) is 25.9 Å². The number of carbonyl (C=O) groups is 1. The minimum absolute atomic E-state index is 0.141. The Labute approximate surface area is 151 Å². The molecule has 2 aromatic rings. The summed E-state index contributed by atoms with van der Waals surface area (Å²) in [4.78, 5) is 26.8. The first kappa shape index (κ1) is 17.6. The van der Waals surface area contributed by atoms with Gasteiger partial charge in [0, 0.05) is 25.1 Å². The van der Waals surface area contributed by atoms with Crippen LogP contribution in [0, 0.1) is 11.3 Å². The second kappa shape index (κ2) is 8.25. The van der Waals surface area contributed by atoms with Crippen LogP contribution in [-0.2, 0) is 0 Å². The Morgan fingerprint density at radius 3 is 2.92 bits per heavy atom. The number of likely N-dealkylation sites (tertiary alicyclic amines) is 1. The van der Waals surface area contributed by atoms with Crippen LogP contribution in [0.2, 0.25) is 0 Å². The molecule has 0 aliphatic carbocycles. The molecule has 134 valence electrons. The Bertz CT molecular complexity index is 820. The second-order valence-corrected chi connectivity index (χ2v) is 5.74. The van der Waals surface area contributed by atoms with Gasteiger partial charge in [-0.2, -0.15) is 5.26 Å². The maximum absolute atomic E-state index is 12.9. The van der Waals surface area contributed by atoms with Gasteiger partial charge in [-0.15, -0.1) is 0 Å². The van der Waals surface area contributed by atoms with Gasteiger partial charge in [0.15, 0.2) is 0 Å². The summed E-state index contributed by atoms with van der Waals surface area (Å²) in [7, 11) is 0. The van der Waals surface area contributed by atoms with E-state index in [4.69, 9.17) is 14.7 Å². The zero-order valence-corrected chi connectivity index (χ0v) is 14.5. The molecule has 2 aromatic heterocycles. The molecule has 8 heteroatoms. The van der Waals surface area contributed by atoms with E-state index in [-0.39, 0.29) is 23.6 Å². The number of amides is 1. The molecule has 26 heavy (non-hydrogen) atoms. The molecule has 1 aliphatic heterocycles. The molecule has 1 atom stereocenters. The van der Waals surface area contributed by atoms with Crippen LogP contribution in [0.25, 0.3) is 0 Å². The summed E-state index contributed by atoms with van der Waals surface area (Å²) in [5.74, 6) is 0.393. The Balaban J connectivity index is 1.72. The molecule has 0 saturated carbocycles. The molecular formula is C18H19N5O3. The van der Waals surface area contributed by atoms with Crippen LogP contribution in [0.3, 0.4) is 0 Å². The van der Waals surface area contributed by atoms with Gasteiger partial charge in [0.1, 0.15) is 17.7 Å². The monoisotopic (exact) mass is 353 g/mol. The lowest BCUT2D eigenvalue weighted by Gasteiger charge is -2.32. The van der Waals surface area contributed by atoms with E-state index in [2.05, 4.69) is 15.0 Å². The number of nitrogens with zero attached hydrogens (tertiary/aromatic N) is 5. The quantitative estimate of drug-likeness (QED) is 0.808. The van der Waals surface area contributed by atoms with Gasteiger partial charge in [0.2, 0.25) is 11.6 Å². The number of piperidine rings is 1. The molecule has 0 bridgehead atoms. The Kier molecular flexibility index (Phi) is 5.59. The summed E-state index contributed by atoms with van der Waals surface area (Å²) in [6.07, 6.45) is 5.84. The number of aromatic nitrogens is 3. The highest BCUT2D eigenvalue weighted by Gasteiger charge is 2.28. The summed E-state index contributed by atoms with van der Waals surface area (Å²) in [6.45, 7) is 3.32. The van der Waals surface area contributed by atoms with Gasteiger partial charge in [-0.1, -0.05) is 0 Å². The van der Waals surface area contributed by atoms with E-state index < -0.39 is 0 Å². The maximum Gasteiger partial charge on any atom is 0.259 e. The van der Waals surface area contributed by atoms with Gasteiger partial charge < -0.3 is 14.4 Å². The van der Waals surface area contributed by atoms with Crippen molar-refractivity contribution in [3.8, 4) is 17.8 Å². The molecule has 0 radical (unpaired) electrons. The van der Waals surface area contributed by atoms with E-state index in [9.17, 15) is 4.79 Å². The first-order valence-electron chi connectivity index (χ1n) is 8.47. The lowest BCUT2D eigenvalue weighted by molar-refractivity contribution is 0.0522. The Morgan fingerprint density at radius 2 is 2.12 bits per heavy atom. The molecule has 1 amide bonds. The van der Waals surface area contributed by atoms with Crippen molar-refractivity contribution in [2.75, 3.05) is 19.7 Å². The van der Waals surface area contributed by atoms with E-state index in [1.54, 1.807) is 23.2 Å². The number of rotatable bonds is 5. The van der Waals surface area contributed by atoms with Crippen molar-refractivity contribution in [3.63, 3.8) is 0 Å². The van der Waals surface area contributed by atoms with Crippen molar-refractivity contribution in [1.82, 2.24) is 19.9 Å². The highest BCUT2D eigenvalue weighted by Crippen LogP contribution is 2.22. The topological polar surface area (TPSA) is 101 Å². The first-order chi connectivity index (χ1) is 12.7. The lowest BCUT2D eigenvalue weighted by Crippen LogP contribution is -2.44. The third-order valence-electron chi connectivity index (χ3n) is 4.00. The average molecular weight is 353 g/mol. The molecular weight excluding hydrogens is 334 g/mol. The molecule has 0 spiro atoms. The third kappa shape index (κ3) is 3.88. The molecule has 0 N–H and O–H groups in total. The minimum atomic E-state index is -0.247. The third-order valence-corrected chi connectivity index (χ3v) is 4.00. The highest BCUT2D eigenvalue weighted by atomic mass is 16.5. The molecule has 0 aromatic carbocycles. The number of hydrogen-bond acceptors (Lipinski definition) is 7. The summed E-state index contributed by atoms with van der Waals surface area (Å²) in [5.41, 5.74) is 0.578. The van der Waals surface area contributed by atoms with E-state index in [1.807, 2.05) is 13.0 Å². The van der Waals surface area contributed by atoms with Gasteiger partial charge in [-0.05, 0) is 31.9 Å². The molecule has 1 unspecified atom stereocenters. The second-order valence-electron chi connectivity index (χ2n) is 5.74. The molecule has 1 saturated heterocycles. The lowest BCUT2D eigenvalue weighted by atomic mass is 10.1. The van der Waals surface area contributed by atoms with Crippen molar-refractivity contribution >= 4 is 5.91 Å². The molecule has 1 fully saturated rings. The molecule has 8 nitrogen and oxygen atoms in total. The van der Waals surface area contributed by atoms with E-state index >= 15 is 0 Å². The molecule has 3 heterocycles. The van der Waals surface area contributed by atoms with Gasteiger partial charge >= 0.3 is 0 Å². The van der Waals surface area contributed by atoms with Crippen LogP contribution in [-0.4, -0.2) is 51.6 Å². The number of pyridine rings is 1. The maximum atomic E-state index is 12.9. The summed E-state index contributed by atoms with van der Waals surface area (Å²) >= 11 is 0. The summed E-state index contributed by atoms with van der Waals surface area (Å²) in [6, 6.07) is 5.39. The van der Waals surface area contributed by atoms with Crippen molar-refractivity contribution in [1.29, 1.82) is 5.26 Å². The predicted octanol–water partition coefficient (Wildman–Crippen LogP) is 1.83. The van der Waals surface area contributed by atoms with Crippen LogP contribution in [0.5, 0.6) is 11.8 Å².